The summed E-state index contributed by atoms with van der Waals surface area (Å²) < 4.78 is 2.26. The second kappa shape index (κ2) is 17.0. The van der Waals surface area contributed by atoms with Crippen LogP contribution in [0.15, 0.2) is 206 Å². The molecule has 8 aromatic carbocycles. The number of rotatable bonds is 8. The molecule has 10 aromatic rings. The molecule has 0 aliphatic rings. The van der Waals surface area contributed by atoms with E-state index in [2.05, 4.69) is 240 Å². The minimum atomic E-state index is -0.331. The van der Waals surface area contributed by atoms with Crippen molar-refractivity contribution in [1.29, 1.82) is 0 Å². The standard InChI is InChI=1S/C62H53N3O/c1-61(2,3)48-39-53(59(66)54(40-48)62(4,5)6)60-64-58-52(30-20-32-57(58)65(60)56-31-19-18-29-51(56)43-25-14-9-15-26-43)46-35-45(50-28-17-16-27-49(50)42-23-12-8-13-24-42)36-47(37-46)55-38-44(33-34-63-55)41-21-10-7-11-22-41/h7-40,66H,1-6H3. The number of hydrogen-bond donors (Lipinski definition) is 1. The van der Waals surface area contributed by atoms with Crippen molar-refractivity contribution in [3.8, 4) is 89.7 Å². The lowest BCUT2D eigenvalue weighted by Crippen LogP contribution is -2.17. The van der Waals surface area contributed by atoms with Crippen molar-refractivity contribution in [1.82, 2.24) is 14.5 Å². The van der Waals surface area contributed by atoms with E-state index < -0.39 is 0 Å². The van der Waals surface area contributed by atoms with Crippen molar-refractivity contribution in [2.45, 2.75) is 52.4 Å². The maximum absolute atomic E-state index is 12.5. The molecule has 4 nitrogen and oxygen atoms in total. The number of phenols is 1. The Kier molecular flexibility index (Phi) is 10.8. The van der Waals surface area contributed by atoms with Gasteiger partial charge in [-0.15, -0.1) is 0 Å². The van der Waals surface area contributed by atoms with Crippen LogP contribution in [0.4, 0.5) is 0 Å². The zero-order valence-electron chi connectivity index (χ0n) is 38.4. The molecule has 0 saturated carbocycles. The highest BCUT2D eigenvalue weighted by atomic mass is 16.3. The number of nitrogens with zero attached hydrogens (tertiary/aromatic N) is 3. The summed E-state index contributed by atoms with van der Waals surface area (Å²) in [5.74, 6) is 0.926. The predicted octanol–water partition coefficient (Wildman–Crippen LogP) is 16.4. The van der Waals surface area contributed by atoms with Crippen LogP contribution in [0, 0.1) is 0 Å². The molecule has 4 heteroatoms. The SMILES string of the molecule is CC(C)(C)c1cc(-c2nc3c(-c4cc(-c5cc(-c6ccccc6)ccn5)cc(-c5ccccc5-c5ccccc5)c4)cccc3n2-c2ccccc2-c2ccccc2)c(O)c(C(C)(C)C)c1. The third-order valence-electron chi connectivity index (χ3n) is 12.7. The Bertz CT molecular complexity index is 3370. The average Bonchev–Trinajstić information content (AvgIpc) is 3.73. The van der Waals surface area contributed by atoms with Gasteiger partial charge in [0.05, 0.1) is 28.0 Å². The molecule has 0 radical (unpaired) electrons. The second-order valence-electron chi connectivity index (χ2n) is 19.3. The summed E-state index contributed by atoms with van der Waals surface area (Å²) in [6, 6.07) is 70.6. The van der Waals surface area contributed by atoms with E-state index in [1.165, 1.54) is 0 Å². The van der Waals surface area contributed by atoms with E-state index in [9.17, 15) is 5.11 Å². The van der Waals surface area contributed by atoms with Crippen LogP contribution in [-0.2, 0) is 10.8 Å². The van der Waals surface area contributed by atoms with Crippen molar-refractivity contribution in [3.05, 3.63) is 218 Å². The van der Waals surface area contributed by atoms with Gasteiger partial charge in [0.15, 0.2) is 0 Å². The van der Waals surface area contributed by atoms with Crippen molar-refractivity contribution >= 4 is 11.0 Å². The number of pyridine rings is 1. The molecule has 1 N–H and O–H groups in total. The number of phenolic OH excluding ortho intramolecular Hbond substituents is 1. The van der Waals surface area contributed by atoms with Gasteiger partial charge in [-0.05, 0) is 109 Å². The van der Waals surface area contributed by atoms with E-state index in [-0.39, 0.29) is 16.6 Å². The summed E-state index contributed by atoms with van der Waals surface area (Å²) in [6.45, 7) is 13.2. The molecule has 0 saturated heterocycles. The summed E-state index contributed by atoms with van der Waals surface area (Å²) in [6.07, 6.45) is 1.91. The van der Waals surface area contributed by atoms with Gasteiger partial charge in [-0.25, -0.2) is 4.98 Å². The first kappa shape index (κ1) is 42.1. The van der Waals surface area contributed by atoms with Crippen LogP contribution in [0.25, 0.3) is 95.0 Å². The highest BCUT2D eigenvalue weighted by Gasteiger charge is 2.29. The number of hydrogen-bond acceptors (Lipinski definition) is 3. The molecule has 0 aliphatic carbocycles. The van der Waals surface area contributed by atoms with E-state index >= 15 is 0 Å². The van der Waals surface area contributed by atoms with Gasteiger partial charge in [0, 0.05) is 28.5 Å². The molecule has 66 heavy (non-hydrogen) atoms. The zero-order chi connectivity index (χ0) is 45.6. The number of aromatic hydroxyl groups is 1. The fourth-order valence-corrected chi connectivity index (χ4v) is 9.19. The Morgan fingerprint density at radius 3 is 1.58 bits per heavy atom. The minimum Gasteiger partial charge on any atom is -0.507 e. The fourth-order valence-electron chi connectivity index (χ4n) is 9.19. The van der Waals surface area contributed by atoms with Crippen LogP contribution in [0.1, 0.15) is 52.7 Å². The van der Waals surface area contributed by atoms with E-state index in [1.807, 2.05) is 12.3 Å². The molecule has 0 fully saturated rings. The van der Waals surface area contributed by atoms with Crippen LogP contribution in [0.3, 0.4) is 0 Å². The summed E-state index contributed by atoms with van der Waals surface area (Å²) in [5, 5.41) is 12.5. The van der Waals surface area contributed by atoms with Crippen molar-refractivity contribution in [3.63, 3.8) is 0 Å². The van der Waals surface area contributed by atoms with Crippen LogP contribution in [0.5, 0.6) is 5.75 Å². The number of para-hydroxylation sites is 2. The molecule has 2 aromatic heterocycles. The topological polar surface area (TPSA) is 50.9 Å². The van der Waals surface area contributed by atoms with E-state index in [4.69, 9.17) is 9.97 Å². The van der Waals surface area contributed by atoms with Gasteiger partial charge in [-0.2, -0.15) is 0 Å². The second-order valence-corrected chi connectivity index (χ2v) is 19.3. The average molecular weight is 856 g/mol. The molecule has 0 aliphatic heterocycles. The van der Waals surface area contributed by atoms with Crippen LogP contribution >= 0.6 is 0 Å². The Balaban J connectivity index is 1.28. The van der Waals surface area contributed by atoms with Gasteiger partial charge >= 0.3 is 0 Å². The lowest BCUT2D eigenvalue weighted by Gasteiger charge is -2.27. The van der Waals surface area contributed by atoms with Gasteiger partial charge in [-0.3, -0.25) is 9.55 Å². The lowest BCUT2D eigenvalue weighted by atomic mass is 9.79. The van der Waals surface area contributed by atoms with Crippen molar-refractivity contribution < 1.29 is 5.11 Å². The normalized spacial score (nSPS) is 11.8. The molecule has 322 valence electrons. The first-order valence-electron chi connectivity index (χ1n) is 22.8. The quantitative estimate of drug-likeness (QED) is 0.166. The zero-order valence-corrected chi connectivity index (χ0v) is 38.4. The first-order valence-corrected chi connectivity index (χ1v) is 22.8. The predicted molar refractivity (Wildman–Crippen MR) is 276 cm³/mol. The number of fused-ring (bicyclic) bond motifs is 1. The third kappa shape index (κ3) is 8.01. The number of benzene rings is 8. The van der Waals surface area contributed by atoms with E-state index in [0.29, 0.717) is 11.4 Å². The summed E-state index contributed by atoms with van der Waals surface area (Å²) in [5.41, 5.74) is 17.7. The number of aromatic nitrogens is 3. The molecule has 0 amide bonds. The van der Waals surface area contributed by atoms with Crippen molar-refractivity contribution in [2.75, 3.05) is 0 Å². The molecular formula is C62H53N3O. The van der Waals surface area contributed by atoms with Gasteiger partial charge in [0.25, 0.3) is 0 Å². The van der Waals surface area contributed by atoms with Crippen LogP contribution in [0.2, 0.25) is 0 Å². The largest absolute Gasteiger partial charge is 0.507 e. The fraction of sp³-hybridized carbons (Fsp3) is 0.129. The highest BCUT2D eigenvalue weighted by Crippen LogP contribution is 2.46. The monoisotopic (exact) mass is 855 g/mol. The Morgan fingerprint density at radius 1 is 0.409 bits per heavy atom. The maximum atomic E-state index is 12.5. The Labute approximate surface area is 388 Å². The first-order chi connectivity index (χ1) is 31.9. The molecule has 10 rings (SSSR count). The van der Waals surface area contributed by atoms with Gasteiger partial charge < -0.3 is 5.11 Å². The van der Waals surface area contributed by atoms with Gasteiger partial charge in [0.1, 0.15) is 11.6 Å². The summed E-state index contributed by atoms with van der Waals surface area (Å²) in [4.78, 5) is 10.7. The molecule has 0 atom stereocenters. The van der Waals surface area contributed by atoms with Gasteiger partial charge in [0.2, 0.25) is 0 Å². The Morgan fingerprint density at radius 2 is 0.939 bits per heavy atom. The Hall–Kier alpha value is -7.82. The van der Waals surface area contributed by atoms with E-state index in [1.54, 1.807) is 0 Å². The maximum Gasteiger partial charge on any atom is 0.149 e. The minimum absolute atomic E-state index is 0.189. The molecular weight excluding hydrogens is 803 g/mol. The molecule has 0 spiro atoms. The molecule has 0 bridgehead atoms. The smallest absolute Gasteiger partial charge is 0.149 e. The third-order valence-corrected chi connectivity index (χ3v) is 12.7. The highest BCUT2D eigenvalue weighted by molar-refractivity contribution is 5.99. The van der Waals surface area contributed by atoms with Crippen molar-refractivity contribution in [2.24, 2.45) is 0 Å². The van der Waals surface area contributed by atoms with Crippen LogP contribution < -0.4 is 0 Å². The van der Waals surface area contributed by atoms with Crippen LogP contribution in [-0.4, -0.2) is 19.6 Å². The summed E-state index contributed by atoms with van der Waals surface area (Å²) >= 11 is 0. The summed E-state index contributed by atoms with van der Waals surface area (Å²) in [7, 11) is 0. The number of imidazole rings is 1. The van der Waals surface area contributed by atoms with E-state index in [0.717, 1.165) is 94.7 Å². The molecule has 0 unspecified atom stereocenters. The lowest BCUT2D eigenvalue weighted by molar-refractivity contribution is 0.446. The van der Waals surface area contributed by atoms with Gasteiger partial charge in [-0.1, -0.05) is 193 Å². The molecule has 2 heterocycles.